The molecule has 0 unspecified atom stereocenters. The van der Waals surface area contributed by atoms with Crippen LogP contribution >= 0.6 is 0 Å². The van der Waals surface area contributed by atoms with E-state index in [4.69, 9.17) is 19.4 Å². The smallest absolute Gasteiger partial charge is 0.238 e. The summed E-state index contributed by atoms with van der Waals surface area (Å²) < 4.78 is 6.90. The third-order valence-corrected chi connectivity index (χ3v) is 12.0. The first-order chi connectivity index (χ1) is 28.0. The van der Waals surface area contributed by atoms with Crippen molar-refractivity contribution in [1.82, 2.24) is 15.0 Å². The molecule has 57 heavy (non-hydrogen) atoms. The summed E-state index contributed by atoms with van der Waals surface area (Å²) in [5.41, 5.74) is 7.56. The third kappa shape index (κ3) is 4.72. The zero-order valence-electron chi connectivity index (χ0n) is 31.4. The van der Waals surface area contributed by atoms with E-state index < -0.39 is 0 Å². The molecule has 0 radical (unpaired) electrons. The molecule has 1 aliphatic rings. The Hall–Kier alpha value is -7.37. The van der Waals surface area contributed by atoms with Crippen molar-refractivity contribution < 1.29 is 4.42 Å². The van der Waals surface area contributed by atoms with E-state index in [1.807, 2.05) is 36.4 Å². The van der Waals surface area contributed by atoms with Crippen LogP contribution in [0.3, 0.4) is 0 Å². The van der Waals surface area contributed by atoms with Gasteiger partial charge in [0.25, 0.3) is 0 Å². The van der Waals surface area contributed by atoms with Crippen molar-refractivity contribution in [3.63, 3.8) is 0 Å². The monoisotopic (exact) mass is 730 g/mol. The molecule has 1 aliphatic heterocycles. The number of benzene rings is 9. The molecular weight excluding hydrogens is 697 g/mol. The predicted molar refractivity (Wildman–Crippen MR) is 235 cm³/mol. The van der Waals surface area contributed by atoms with E-state index in [9.17, 15) is 0 Å². The molecule has 268 valence electrons. The number of rotatable bonds is 3. The zero-order valence-corrected chi connectivity index (χ0v) is 31.4. The molecular formula is C52H34N4O. The molecule has 0 saturated heterocycles. The molecule has 0 N–H and O–H groups in total. The minimum atomic E-state index is -0.375. The van der Waals surface area contributed by atoms with Crippen molar-refractivity contribution in [2.75, 3.05) is 4.90 Å². The van der Waals surface area contributed by atoms with Crippen molar-refractivity contribution in [1.29, 1.82) is 0 Å². The summed E-state index contributed by atoms with van der Waals surface area (Å²) in [6, 6.07) is 60.1. The normalized spacial score (nSPS) is 13.5. The standard InChI is InChI=1S/C52H34N4O/c1-52(2)43-25-33-19-9-10-20-34(33)26-45(43)56(51-54-49(31-15-5-3-6-16-31)53-50(55-51)32-17-7-4-8-18-32)46-30-48-42(28-44(46)52)41-27-39-37-23-13-11-21-35(37)36-22-12-14-24-38(36)40(39)29-47(41)57-48/h3-30H,1-2H3. The Kier molecular flexibility index (Phi) is 6.62. The molecule has 0 atom stereocenters. The highest BCUT2D eigenvalue weighted by Crippen LogP contribution is 2.54. The van der Waals surface area contributed by atoms with Gasteiger partial charge in [-0.3, -0.25) is 4.90 Å². The number of aromatic nitrogens is 3. The Morgan fingerprint density at radius 2 is 0.860 bits per heavy atom. The maximum Gasteiger partial charge on any atom is 0.238 e. The van der Waals surface area contributed by atoms with Gasteiger partial charge in [-0.25, -0.2) is 4.98 Å². The summed E-state index contributed by atoms with van der Waals surface area (Å²) >= 11 is 0. The van der Waals surface area contributed by atoms with Gasteiger partial charge in [-0.15, -0.1) is 0 Å². The lowest BCUT2D eigenvalue weighted by atomic mass is 9.72. The fraction of sp³-hybridized carbons (Fsp3) is 0.0577. The topological polar surface area (TPSA) is 55.1 Å². The maximum absolute atomic E-state index is 6.90. The number of nitrogens with zero attached hydrogens (tertiary/aromatic N) is 4. The second-order valence-electron chi connectivity index (χ2n) is 15.6. The van der Waals surface area contributed by atoms with Gasteiger partial charge in [0.1, 0.15) is 11.2 Å². The second kappa shape index (κ2) is 11.8. The summed E-state index contributed by atoms with van der Waals surface area (Å²) in [4.78, 5) is 17.8. The lowest BCUT2D eigenvalue weighted by molar-refractivity contribution is 0.630. The van der Waals surface area contributed by atoms with Crippen LogP contribution in [0.1, 0.15) is 25.0 Å². The number of furan rings is 1. The molecule has 5 nitrogen and oxygen atoms in total. The van der Waals surface area contributed by atoms with Crippen molar-refractivity contribution in [2.45, 2.75) is 19.3 Å². The Balaban J connectivity index is 1.17. The van der Waals surface area contributed by atoms with Crippen molar-refractivity contribution in [3.05, 3.63) is 181 Å². The van der Waals surface area contributed by atoms with Gasteiger partial charge in [0.05, 0.1) is 11.4 Å². The number of anilines is 3. The first-order valence-electron chi connectivity index (χ1n) is 19.4. The summed E-state index contributed by atoms with van der Waals surface area (Å²) in [7, 11) is 0. The molecule has 11 aromatic rings. The summed E-state index contributed by atoms with van der Waals surface area (Å²) in [6.07, 6.45) is 0. The summed E-state index contributed by atoms with van der Waals surface area (Å²) in [5.74, 6) is 1.78. The molecule has 5 heteroatoms. The van der Waals surface area contributed by atoms with Crippen LogP contribution in [0.4, 0.5) is 17.3 Å². The van der Waals surface area contributed by atoms with Crippen molar-refractivity contribution in [3.8, 4) is 22.8 Å². The average molecular weight is 731 g/mol. The molecule has 0 aliphatic carbocycles. The van der Waals surface area contributed by atoms with Crippen molar-refractivity contribution >= 4 is 82.4 Å². The van der Waals surface area contributed by atoms with E-state index in [2.05, 4.69) is 152 Å². The van der Waals surface area contributed by atoms with Gasteiger partial charge in [-0.1, -0.05) is 147 Å². The molecule has 0 amide bonds. The Bertz CT molecular complexity index is 3390. The average Bonchev–Trinajstić information content (AvgIpc) is 3.62. The number of hydrogen-bond acceptors (Lipinski definition) is 5. The SMILES string of the molecule is CC1(C)c2cc3ccccc3cc2N(c2nc(-c3ccccc3)nc(-c3ccccc3)n2)c2cc3oc4cc5c6ccccc6c6ccccc6c5cc4c3cc21. The fourth-order valence-corrected chi connectivity index (χ4v) is 9.20. The lowest BCUT2D eigenvalue weighted by Gasteiger charge is -2.41. The van der Waals surface area contributed by atoms with Crippen LogP contribution in [-0.2, 0) is 5.41 Å². The minimum absolute atomic E-state index is 0.375. The second-order valence-corrected chi connectivity index (χ2v) is 15.6. The molecule has 0 saturated carbocycles. The molecule has 9 aromatic carbocycles. The zero-order chi connectivity index (χ0) is 37.8. The van der Waals surface area contributed by atoms with Crippen LogP contribution < -0.4 is 4.90 Å². The Labute approximate surface area is 328 Å². The lowest BCUT2D eigenvalue weighted by Crippen LogP contribution is -2.31. The highest BCUT2D eigenvalue weighted by atomic mass is 16.3. The van der Waals surface area contributed by atoms with E-state index in [-0.39, 0.29) is 5.41 Å². The molecule has 0 fully saturated rings. The van der Waals surface area contributed by atoms with Gasteiger partial charge < -0.3 is 4.42 Å². The fourth-order valence-electron chi connectivity index (χ4n) is 9.20. The van der Waals surface area contributed by atoms with Gasteiger partial charge in [-0.2, -0.15) is 9.97 Å². The van der Waals surface area contributed by atoms with Crippen LogP contribution in [0.25, 0.3) is 87.8 Å². The minimum Gasteiger partial charge on any atom is -0.456 e. The van der Waals surface area contributed by atoms with E-state index in [1.54, 1.807) is 0 Å². The Morgan fingerprint density at radius 1 is 0.404 bits per heavy atom. The van der Waals surface area contributed by atoms with Gasteiger partial charge in [0.2, 0.25) is 5.95 Å². The highest BCUT2D eigenvalue weighted by molar-refractivity contribution is 6.28. The van der Waals surface area contributed by atoms with Crippen LogP contribution in [-0.4, -0.2) is 15.0 Å². The number of hydrogen-bond donors (Lipinski definition) is 0. The van der Waals surface area contributed by atoms with Crippen LogP contribution in [0, 0.1) is 0 Å². The van der Waals surface area contributed by atoms with Crippen LogP contribution in [0.2, 0.25) is 0 Å². The van der Waals surface area contributed by atoms with Gasteiger partial charge >= 0.3 is 0 Å². The number of fused-ring (bicyclic) bond motifs is 12. The van der Waals surface area contributed by atoms with Gasteiger partial charge in [0.15, 0.2) is 11.6 Å². The van der Waals surface area contributed by atoms with E-state index in [0.717, 1.165) is 49.8 Å². The summed E-state index contributed by atoms with van der Waals surface area (Å²) in [5, 5.41) is 11.9. The first-order valence-corrected chi connectivity index (χ1v) is 19.4. The molecule has 0 bridgehead atoms. The van der Waals surface area contributed by atoms with E-state index in [0.29, 0.717) is 17.6 Å². The molecule has 12 rings (SSSR count). The Morgan fingerprint density at radius 3 is 1.47 bits per heavy atom. The first kappa shape index (κ1) is 31.9. The van der Waals surface area contributed by atoms with Crippen LogP contribution in [0.15, 0.2) is 174 Å². The van der Waals surface area contributed by atoms with Crippen molar-refractivity contribution in [2.24, 2.45) is 0 Å². The van der Waals surface area contributed by atoms with Gasteiger partial charge in [-0.05, 0) is 84.5 Å². The quantitative estimate of drug-likeness (QED) is 0.169. The largest absolute Gasteiger partial charge is 0.456 e. The van der Waals surface area contributed by atoms with E-state index in [1.165, 1.54) is 48.8 Å². The third-order valence-electron chi connectivity index (χ3n) is 12.0. The van der Waals surface area contributed by atoms with Crippen LogP contribution in [0.5, 0.6) is 0 Å². The van der Waals surface area contributed by atoms with Gasteiger partial charge in [0, 0.05) is 33.4 Å². The predicted octanol–water partition coefficient (Wildman–Crippen LogP) is 13.8. The molecule has 3 heterocycles. The molecule has 0 spiro atoms. The highest BCUT2D eigenvalue weighted by Gasteiger charge is 2.39. The van der Waals surface area contributed by atoms with E-state index >= 15 is 0 Å². The maximum atomic E-state index is 6.90. The summed E-state index contributed by atoms with van der Waals surface area (Å²) in [6.45, 7) is 4.66. The molecule has 2 aromatic heterocycles.